The van der Waals surface area contributed by atoms with Gasteiger partial charge >= 0.3 is 0 Å². The maximum atomic E-state index is 12.1. The van der Waals surface area contributed by atoms with Crippen molar-refractivity contribution >= 4 is 5.91 Å². The number of ether oxygens (including phenoxy) is 2. The lowest BCUT2D eigenvalue weighted by molar-refractivity contribution is -0.126. The largest absolute Gasteiger partial charge is 0.489 e. The van der Waals surface area contributed by atoms with Crippen molar-refractivity contribution in [3.63, 3.8) is 0 Å². The molecule has 3 rings (SSSR count). The first-order chi connectivity index (χ1) is 13.7. The smallest absolute Gasteiger partial charge is 0.223 e. The predicted molar refractivity (Wildman–Crippen MR) is 110 cm³/mol. The maximum Gasteiger partial charge on any atom is 0.223 e. The molecular weight excluding hydrogens is 352 g/mol. The fourth-order valence-corrected chi connectivity index (χ4v) is 3.46. The van der Waals surface area contributed by atoms with Crippen LogP contribution in [-0.4, -0.2) is 44.2 Å². The van der Waals surface area contributed by atoms with Gasteiger partial charge in [0, 0.05) is 26.1 Å². The Labute approximate surface area is 167 Å². The van der Waals surface area contributed by atoms with Crippen LogP contribution >= 0.6 is 0 Å². The van der Waals surface area contributed by atoms with Crippen LogP contribution in [0.5, 0.6) is 5.75 Å². The molecule has 1 aliphatic heterocycles. The third-order valence-electron chi connectivity index (χ3n) is 5.14. The molecule has 1 heterocycles. The van der Waals surface area contributed by atoms with Gasteiger partial charge in [0.1, 0.15) is 12.4 Å². The molecule has 1 saturated heterocycles. The van der Waals surface area contributed by atoms with E-state index in [-0.39, 0.29) is 11.8 Å². The number of nitrogens with one attached hydrogen (secondary N) is 1. The summed E-state index contributed by atoms with van der Waals surface area (Å²) in [6, 6.07) is 18.5. The SMILES string of the molecule is COCCNC(=O)C1CCN(Cc2ccc(OCc3ccccc3)cc2)CC1. The van der Waals surface area contributed by atoms with E-state index in [9.17, 15) is 4.79 Å². The standard InChI is InChI=1S/C23H30N2O3/c1-27-16-13-24-23(26)21-11-14-25(15-12-21)17-19-7-9-22(10-8-19)28-18-20-5-3-2-4-6-20/h2-10,21H,11-18H2,1H3,(H,24,26). The highest BCUT2D eigenvalue weighted by Gasteiger charge is 2.24. The van der Waals surface area contributed by atoms with E-state index in [1.807, 2.05) is 30.3 Å². The minimum Gasteiger partial charge on any atom is -0.489 e. The average molecular weight is 383 g/mol. The van der Waals surface area contributed by atoms with Gasteiger partial charge in [-0.25, -0.2) is 0 Å². The van der Waals surface area contributed by atoms with E-state index < -0.39 is 0 Å². The molecule has 5 nitrogen and oxygen atoms in total. The van der Waals surface area contributed by atoms with E-state index in [0.29, 0.717) is 19.8 Å². The molecule has 5 heteroatoms. The molecule has 2 aromatic carbocycles. The van der Waals surface area contributed by atoms with Crippen LogP contribution < -0.4 is 10.1 Å². The highest BCUT2D eigenvalue weighted by Crippen LogP contribution is 2.20. The number of hydrogen-bond acceptors (Lipinski definition) is 4. The van der Waals surface area contributed by atoms with Crippen LogP contribution in [0.3, 0.4) is 0 Å². The van der Waals surface area contributed by atoms with E-state index in [0.717, 1.165) is 38.2 Å². The molecule has 2 aromatic rings. The lowest BCUT2D eigenvalue weighted by atomic mass is 9.95. The van der Waals surface area contributed by atoms with Gasteiger partial charge in [-0.3, -0.25) is 9.69 Å². The number of methoxy groups -OCH3 is 1. The van der Waals surface area contributed by atoms with Crippen molar-refractivity contribution in [3.05, 3.63) is 65.7 Å². The van der Waals surface area contributed by atoms with Crippen LogP contribution in [0.15, 0.2) is 54.6 Å². The van der Waals surface area contributed by atoms with E-state index in [2.05, 4.69) is 34.5 Å². The number of piperidine rings is 1. The van der Waals surface area contributed by atoms with E-state index in [1.54, 1.807) is 7.11 Å². The Bertz CT molecular complexity index is 710. The fraction of sp³-hybridized carbons (Fsp3) is 0.435. The zero-order valence-corrected chi connectivity index (χ0v) is 16.6. The third kappa shape index (κ3) is 6.36. The van der Waals surface area contributed by atoms with E-state index >= 15 is 0 Å². The molecule has 1 fully saturated rings. The Morgan fingerprint density at radius 1 is 1.04 bits per heavy atom. The van der Waals surface area contributed by atoms with Crippen molar-refractivity contribution in [2.75, 3.05) is 33.4 Å². The number of carbonyl (C=O) groups excluding carboxylic acids is 1. The van der Waals surface area contributed by atoms with Crippen molar-refractivity contribution in [1.82, 2.24) is 10.2 Å². The molecule has 0 unspecified atom stereocenters. The second-order valence-corrected chi connectivity index (χ2v) is 7.25. The minimum absolute atomic E-state index is 0.127. The summed E-state index contributed by atoms with van der Waals surface area (Å²) in [4.78, 5) is 14.6. The Balaban J connectivity index is 1.39. The third-order valence-corrected chi connectivity index (χ3v) is 5.14. The number of rotatable bonds is 9. The number of likely N-dealkylation sites (tertiary alicyclic amines) is 1. The first-order valence-electron chi connectivity index (χ1n) is 9.99. The lowest BCUT2D eigenvalue weighted by Crippen LogP contribution is -2.41. The number of carbonyl (C=O) groups is 1. The Kier molecular flexibility index (Phi) is 7.88. The first kappa shape index (κ1) is 20.4. The molecule has 0 atom stereocenters. The summed E-state index contributed by atoms with van der Waals surface area (Å²) in [6.07, 6.45) is 1.83. The van der Waals surface area contributed by atoms with Crippen LogP contribution in [0.4, 0.5) is 0 Å². The Hall–Kier alpha value is -2.37. The minimum atomic E-state index is 0.127. The van der Waals surface area contributed by atoms with E-state index in [4.69, 9.17) is 9.47 Å². The van der Waals surface area contributed by atoms with Gasteiger partial charge in [-0.05, 0) is 49.2 Å². The van der Waals surface area contributed by atoms with Gasteiger partial charge in [0.2, 0.25) is 5.91 Å². The molecule has 1 N–H and O–H groups in total. The van der Waals surface area contributed by atoms with Crippen LogP contribution in [0.2, 0.25) is 0 Å². The number of benzene rings is 2. The van der Waals surface area contributed by atoms with Crippen molar-refractivity contribution in [2.45, 2.75) is 26.0 Å². The highest BCUT2D eigenvalue weighted by molar-refractivity contribution is 5.78. The summed E-state index contributed by atoms with van der Waals surface area (Å²) in [5.74, 6) is 1.18. The van der Waals surface area contributed by atoms with Crippen molar-refractivity contribution in [3.8, 4) is 5.75 Å². The molecule has 0 spiro atoms. The fourth-order valence-electron chi connectivity index (χ4n) is 3.46. The number of amides is 1. The van der Waals surface area contributed by atoms with Gasteiger partial charge < -0.3 is 14.8 Å². The van der Waals surface area contributed by atoms with Gasteiger partial charge in [0.15, 0.2) is 0 Å². The normalized spacial score (nSPS) is 15.3. The first-order valence-corrected chi connectivity index (χ1v) is 9.99. The second kappa shape index (κ2) is 10.8. The molecule has 0 bridgehead atoms. The Morgan fingerprint density at radius 3 is 2.43 bits per heavy atom. The van der Waals surface area contributed by atoms with Crippen molar-refractivity contribution < 1.29 is 14.3 Å². The van der Waals surface area contributed by atoms with Gasteiger partial charge in [-0.1, -0.05) is 42.5 Å². The summed E-state index contributed by atoms with van der Waals surface area (Å²) >= 11 is 0. The maximum absolute atomic E-state index is 12.1. The zero-order valence-electron chi connectivity index (χ0n) is 16.6. The molecule has 1 amide bonds. The molecule has 0 aliphatic carbocycles. The molecule has 28 heavy (non-hydrogen) atoms. The predicted octanol–water partition coefficient (Wildman–Crippen LogP) is 3.24. The van der Waals surface area contributed by atoms with Crippen LogP contribution in [0, 0.1) is 5.92 Å². The molecule has 1 aliphatic rings. The monoisotopic (exact) mass is 382 g/mol. The van der Waals surface area contributed by atoms with Crippen LogP contribution in [-0.2, 0) is 22.7 Å². The topological polar surface area (TPSA) is 50.8 Å². The quantitative estimate of drug-likeness (QED) is 0.677. The Morgan fingerprint density at radius 2 is 1.75 bits per heavy atom. The lowest BCUT2D eigenvalue weighted by Gasteiger charge is -2.31. The van der Waals surface area contributed by atoms with Gasteiger partial charge in [-0.2, -0.15) is 0 Å². The van der Waals surface area contributed by atoms with Gasteiger partial charge in [0.05, 0.1) is 6.61 Å². The molecule has 150 valence electrons. The van der Waals surface area contributed by atoms with Crippen molar-refractivity contribution in [1.29, 1.82) is 0 Å². The number of hydrogen-bond donors (Lipinski definition) is 1. The summed E-state index contributed by atoms with van der Waals surface area (Å²) < 4.78 is 10.8. The molecule has 0 aromatic heterocycles. The summed E-state index contributed by atoms with van der Waals surface area (Å²) in [6.45, 7) is 4.56. The summed E-state index contributed by atoms with van der Waals surface area (Å²) in [5.41, 5.74) is 2.44. The molecular formula is C23H30N2O3. The van der Waals surface area contributed by atoms with Crippen molar-refractivity contribution in [2.24, 2.45) is 5.92 Å². The average Bonchev–Trinajstić information content (AvgIpc) is 2.75. The highest BCUT2D eigenvalue weighted by atomic mass is 16.5. The number of nitrogens with zero attached hydrogens (tertiary/aromatic N) is 1. The van der Waals surface area contributed by atoms with E-state index in [1.165, 1.54) is 11.1 Å². The van der Waals surface area contributed by atoms with Gasteiger partial charge in [-0.15, -0.1) is 0 Å². The van der Waals surface area contributed by atoms with Crippen LogP contribution in [0.25, 0.3) is 0 Å². The van der Waals surface area contributed by atoms with Gasteiger partial charge in [0.25, 0.3) is 0 Å². The second-order valence-electron chi connectivity index (χ2n) is 7.25. The van der Waals surface area contributed by atoms with Crippen LogP contribution in [0.1, 0.15) is 24.0 Å². The zero-order chi connectivity index (χ0) is 19.6. The molecule has 0 saturated carbocycles. The summed E-state index contributed by atoms with van der Waals surface area (Å²) in [5, 5.41) is 2.95. The molecule has 0 radical (unpaired) electrons. The summed E-state index contributed by atoms with van der Waals surface area (Å²) in [7, 11) is 1.65.